The molecule has 0 aromatic carbocycles. The van der Waals surface area contributed by atoms with Gasteiger partial charge in [-0.1, -0.05) is 26.7 Å². The summed E-state index contributed by atoms with van der Waals surface area (Å²) in [6, 6.07) is -0.00518. The van der Waals surface area contributed by atoms with Crippen LogP contribution in [-0.2, 0) is 9.53 Å². The molecule has 0 aliphatic rings. The van der Waals surface area contributed by atoms with Gasteiger partial charge >= 0.3 is 0 Å². The number of hydrogen-bond acceptors (Lipinski definition) is 3. The number of carbonyl (C=O) groups excluding carboxylic acids is 1. The fourth-order valence-electron chi connectivity index (χ4n) is 1.52. The molecule has 0 saturated carbocycles. The lowest BCUT2D eigenvalue weighted by Crippen LogP contribution is -2.48. The first kappa shape index (κ1) is 14.4. The Morgan fingerprint density at radius 2 is 2.13 bits per heavy atom. The van der Waals surface area contributed by atoms with Gasteiger partial charge in [-0.3, -0.25) is 4.79 Å². The molecule has 0 aliphatic heterocycles. The molecule has 15 heavy (non-hydrogen) atoms. The minimum Gasteiger partial charge on any atom is -0.383 e. The van der Waals surface area contributed by atoms with Crippen molar-refractivity contribution in [2.45, 2.75) is 51.6 Å². The Bertz CT molecular complexity index is 174. The maximum atomic E-state index is 11.1. The third-order valence-corrected chi connectivity index (χ3v) is 2.51. The molecule has 0 radical (unpaired) electrons. The maximum Gasteiger partial charge on any atom is 0.236 e. The summed E-state index contributed by atoms with van der Waals surface area (Å²) in [5, 5.41) is 3.24. The number of amides is 1. The van der Waals surface area contributed by atoms with Gasteiger partial charge in [0.15, 0.2) is 0 Å². The zero-order valence-electron chi connectivity index (χ0n) is 10.1. The molecule has 0 aliphatic carbocycles. The van der Waals surface area contributed by atoms with E-state index >= 15 is 0 Å². The fraction of sp³-hybridized carbons (Fsp3) is 0.909. The molecule has 4 heteroatoms. The predicted molar refractivity (Wildman–Crippen MR) is 61.6 cm³/mol. The molecule has 0 saturated heterocycles. The number of unbranched alkanes of at least 4 members (excludes halogenated alkanes) is 1. The first-order valence-electron chi connectivity index (χ1n) is 5.69. The van der Waals surface area contributed by atoms with E-state index in [2.05, 4.69) is 19.2 Å². The van der Waals surface area contributed by atoms with Crippen LogP contribution in [0.1, 0.15) is 39.5 Å². The molecular weight excluding hydrogens is 192 g/mol. The minimum absolute atomic E-state index is 0.341. The van der Waals surface area contributed by atoms with Gasteiger partial charge < -0.3 is 15.8 Å². The van der Waals surface area contributed by atoms with Crippen LogP contribution in [0.2, 0.25) is 0 Å². The third kappa shape index (κ3) is 6.47. The van der Waals surface area contributed by atoms with Crippen molar-refractivity contribution in [2.24, 2.45) is 5.73 Å². The average Bonchev–Trinajstić information content (AvgIpc) is 2.22. The normalized spacial score (nSPS) is 14.9. The van der Waals surface area contributed by atoms with Crippen molar-refractivity contribution >= 4 is 5.91 Å². The molecule has 0 rings (SSSR count). The second-order valence-corrected chi connectivity index (χ2v) is 3.82. The topological polar surface area (TPSA) is 64.3 Å². The number of nitrogens with two attached hydrogens (primary N) is 1. The van der Waals surface area contributed by atoms with Crippen LogP contribution >= 0.6 is 0 Å². The Labute approximate surface area is 92.6 Å². The molecule has 3 N–H and O–H groups in total. The Morgan fingerprint density at radius 3 is 2.53 bits per heavy atom. The van der Waals surface area contributed by atoms with Crippen LogP contribution in [0, 0.1) is 0 Å². The van der Waals surface area contributed by atoms with E-state index < -0.39 is 0 Å². The second-order valence-electron chi connectivity index (χ2n) is 3.82. The Morgan fingerprint density at radius 1 is 1.47 bits per heavy atom. The zero-order chi connectivity index (χ0) is 11.7. The molecule has 4 nitrogen and oxygen atoms in total. The largest absolute Gasteiger partial charge is 0.383 e. The van der Waals surface area contributed by atoms with E-state index in [0.717, 1.165) is 12.8 Å². The number of rotatable bonds is 9. The lowest BCUT2D eigenvalue weighted by Gasteiger charge is -2.22. The van der Waals surface area contributed by atoms with E-state index in [0.29, 0.717) is 12.6 Å². The van der Waals surface area contributed by atoms with Crippen molar-refractivity contribution in [3.05, 3.63) is 0 Å². The molecular formula is C11H24N2O2. The Kier molecular flexibility index (Phi) is 8.33. The number of carbonyl (C=O) groups is 1. The molecule has 0 aromatic rings. The van der Waals surface area contributed by atoms with Crippen LogP contribution in [0.4, 0.5) is 0 Å². The highest BCUT2D eigenvalue weighted by molar-refractivity contribution is 5.80. The SMILES string of the molecule is CCCCC(CC)NC(COC)C(N)=O. The first-order chi connectivity index (χ1) is 7.15. The highest BCUT2D eigenvalue weighted by Gasteiger charge is 2.18. The van der Waals surface area contributed by atoms with Gasteiger partial charge in [-0.05, 0) is 12.8 Å². The lowest BCUT2D eigenvalue weighted by atomic mass is 10.1. The van der Waals surface area contributed by atoms with Crippen molar-refractivity contribution in [3.8, 4) is 0 Å². The second kappa shape index (κ2) is 8.68. The molecule has 0 spiro atoms. The summed E-state index contributed by atoms with van der Waals surface area (Å²) in [7, 11) is 1.57. The summed E-state index contributed by atoms with van der Waals surface area (Å²) < 4.78 is 4.95. The average molecular weight is 216 g/mol. The van der Waals surface area contributed by atoms with E-state index in [1.165, 1.54) is 12.8 Å². The number of ether oxygens (including phenoxy) is 1. The molecule has 0 bridgehead atoms. The standard InChI is InChI=1S/C11H24N2O2/c1-4-6-7-9(5-2)13-10(8-15-3)11(12)14/h9-10,13H,4-8H2,1-3H3,(H2,12,14). The van der Waals surface area contributed by atoms with Gasteiger partial charge in [0, 0.05) is 13.2 Å². The van der Waals surface area contributed by atoms with Gasteiger partial charge in [0.1, 0.15) is 6.04 Å². The van der Waals surface area contributed by atoms with Gasteiger partial charge in [-0.25, -0.2) is 0 Å². The van der Waals surface area contributed by atoms with Crippen LogP contribution in [0.25, 0.3) is 0 Å². The van der Waals surface area contributed by atoms with E-state index in [-0.39, 0.29) is 11.9 Å². The van der Waals surface area contributed by atoms with Gasteiger partial charge in [-0.2, -0.15) is 0 Å². The van der Waals surface area contributed by atoms with E-state index in [1.807, 2.05) is 0 Å². The summed E-state index contributed by atoms with van der Waals surface area (Å²) >= 11 is 0. The smallest absolute Gasteiger partial charge is 0.236 e. The van der Waals surface area contributed by atoms with Crippen LogP contribution < -0.4 is 11.1 Å². The summed E-state index contributed by atoms with van der Waals surface area (Å²) in [5.41, 5.74) is 5.27. The third-order valence-electron chi connectivity index (χ3n) is 2.51. The summed E-state index contributed by atoms with van der Waals surface area (Å²) in [6.07, 6.45) is 4.43. The first-order valence-corrected chi connectivity index (χ1v) is 5.69. The van der Waals surface area contributed by atoms with Crippen LogP contribution in [0.3, 0.4) is 0 Å². The highest BCUT2D eigenvalue weighted by atomic mass is 16.5. The Balaban J connectivity index is 4.03. The molecule has 90 valence electrons. The van der Waals surface area contributed by atoms with Crippen molar-refractivity contribution in [1.82, 2.24) is 5.32 Å². The Hall–Kier alpha value is -0.610. The minimum atomic E-state index is -0.364. The molecule has 0 fully saturated rings. The molecule has 1 amide bonds. The van der Waals surface area contributed by atoms with Crippen LogP contribution in [0.5, 0.6) is 0 Å². The monoisotopic (exact) mass is 216 g/mol. The molecule has 0 aromatic heterocycles. The maximum absolute atomic E-state index is 11.1. The van der Waals surface area contributed by atoms with E-state index in [9.17, 15) is 4.79 Å². The van der Waals surface area contributed by atoms with Gasteiger partial charge in [0.25, 0.3) is 0 Å². The van der Waals surface area contributed by atoms with Crippen molar-refractivity contribution in [2.75, 3.05) is 13.7 Å². The van der Waals surface area contributed by atoms with Crippen LogP contribution in [-0.4, -0.2) is 31.7 Å². The predicted octanol–water partition coefficient (Wildman–Crippen LogP) is 1.05. The number of methoxy groups -OCH3 is 1. The van der Waals surface area contributed by atoms with Gasteiger partial charge in [0.2, 0.25) is 5.91 Å². The zero-order valence-corrected chi connectivity index (χ0v) is 10.1. The summed E-state index contributed by atoms with van der Waals surface area (Å²) in [4.78, 5) is 11.1. The van der Waals surface area contributed by atoms with E-state index in [4.69, 9.17) is 10.5 Å². The van der Waals surface area contributed by atoms with Crippen LogP contribution in [0.15, 0.2) is 0 Å². The summed E-state index contributed by atoms with van der Waals surface area (Å²) in [5.74, 6) is -0.341. The quantitative estimate of drug-likeness (QED) is 0.605. The van der Waals surface area contributed by atoms with Crippen molar-refractivity contribution < 1.29 is 9.53 Å². The molecule has 0 heterocycles. The van der Waals surface area contributed by atoms with E-state index in [1.54, 1.807) is 7.11 Å². The van der Waals surface area contributed by atoms with Gasteiger partial charge in [0.05, 0.1) is 6.61 Å². The van der Waals surface area contributed by atoms with Gasteiger partial charge in [-0.15, -0.1) is 0 Å². The number of nitrogens with one attached hydrogen (secondary N) is 1. The molecule has 2 atom stereocenters. The lowest BCUT2D eigenvalue weighted by molar-refractivity contribution is -0.121. The van der Waals surface area contributed by atoms with Crippen molar-refractivity contribution in [1.29, 1.82) is 0 Å². The number of hydrogen-bond donors (Lipinski definition) is 2. The van der Waals surface area contributed by atoms with Crippen molar-refractivity contribution in [3.63, 3.8) is 0 Å². The highest BCUT2D eigenvalue weighted by Crippen LogP contribution is 2.05. The fourth-order valence-corrected chi connectivity index (χ4v) is 1.52. The summed E-state index contributed by atoms with van der Waals surface area (Å²) in [6.45, 7) is 4.61. The number of primary amides is 1. The molecule has 2 unspecified atom stereocenters.